The summed E-state index contributed by atoms with van der Waals surface area (Å²) < 4.78 is 33.0. The van der Waals surface area contributed by atoms with Gasteiger partial charge in [0.05, 0.1) is 9.82 Å². The summed E-state index contributed by atoms with van der Waals surface area (Å²) in [6.45, 7) is 3.30. The van der Waals surface area contributed by atoms with E-state index in [1.54, 1.807) is 18.2 Å². The van der Waals surface area contributed by atoms with E-state index >= 15 is 0 Å². The van der Waals surface area contributed by atoms with Crippen molar-refractivity contribution in [3.05, 3.63) is 75.7 Å². The van der Waals surface area contributed by atoms with Crippen LogP contribution in [0, 0.1) is 17.0 Å². The third-order valence-electron chi connectivity index (χ3n) is 2.98. The van der Waals surface area contributed by atoms with Crippen LogP contribution in [0.3, 0.4) is 0 Å². The van der Waals surface area contributed by atoms with Crippen molar-refractivity contribution in [2.75, 3.05) is 0 Å². The van der Waals surface area contributed by atoms with Gasteiger partial charge in [0, 0.05) is 25.1 Å². The van der Waals surface area contributed by atoms with Crippen LogP contribution < -0.4 is 4.57 Å². The molecule has 0 bridgehead atoms. The first-order valence-corrected chi connectivity index (χ1v) is 8.31. The van der Waals surface area contributed by atoms with Crippen LogP contribution in [0.5, 0.6) is 0 Å². The van der Waals surface area contributed by atoms with Crippen LogP contribution in [0.15, 0.2) is 59.4 Å². The highest BCUT2D eigenvalue weighted by Crippen LogP contribution is 2.08. The van der Waals surface area contributed by atoms with Crippen molar-refractivity contribution in [1.82, 2.24) is 0 Å². The fourth-order valence-corrected chi connectivity index (χ4v) is 2.08. The second kappa shape index (κ2) is 8.32. The summed E-state index contributed by atoms with van der Waals surface area (Å²) in [6, 6.07) is 9.44. The first-order valence-electron chi connectivity index (χ1n) is 6.90. The molecule has 0 saturated heterocycles. The zero-order valence-corrected chi connectivity index (χ0v) is 14.4. The van der Waals surface area contributed by atoms with Crippen LogP contribution in [0.4, 0.5) is 0 Å². The summed E-state index contributed by atoms with van der Waals surface area (Å²) in [5, 5.41) is 10.3. The Kier molecular flexibility index (Phi) is 6.75. The van der Waals surface area contributed by atoms with E-state index in [1.165, 1.54) is 19.1 Å². The van der Waals surface area contributed by atoms with E-state index in [0.29, 0.717) is 0 Å². The summed E-state index contributed by atoms with van der Waals surface area (Å²) in [7, 11) is -2.37. The minimum atomic E-state index is -4.27. The molecule has 1 heterocycles. The first-order chi connectivity index (χ1) is 11.1. The molecule has 1 aromatic carbocycles. The zero-order chi connectivity index (χ0) is 18.3. The number of hydrogen-bond donors (Lipinski definition) is 0. The maximum absolute atomic E-state index is 10.4. The molecule has 0 aliphatic carbocycles. The Morgan fingerprint density at radius 1 is 1.12 bits per heavy atom. The van der Waals surface area contributed by atoms with Crippen molar-refractivity contribution in [2.24, 2.45) is 7.05 Å². The summed E-state index contributed by atoms with van der Waals surface area (Å²) in [4.78, 5) is 9.73. The number of benzene rings is 1. The maximum atomic E-state index is 10.4. The quantitative estimate of drug-likeness (QED) is 0.365. The molecule has 0 N–H and O–H groups in total. The summed E-state index contributed by atoms with van der Waals surface area (Å²) in [5.41, 5.74) is 1.92. The second-order valence-corrected chi connectivity index (χ2v) is 6.49. The van der Waals surface area contributed by atoms with Crippen LogP contribution in [0.1, 0.15) is 18.1 Å². The Balaban J connectivity index is 0.000000243. The van der Waals surface area contributed by atoms with Gasteiger partial charge in [-0.3, -0.25) is 10.1 Å². The second-order valence-electron chi connectivity index (χ2n) is 5.11. The van der Waals surface area contributed by atoms with E-state index in [1.807, 2.05) is 43.1 Å². The van der Waals surface area contributed by atoms with Crippen molar-refractivity contribution < 1.29 is 22.5 Å². The lowest BCUT2D eigenvalue weighted by molar-refractivity contribution is -0.671. The molecule has 0 aliphatic heterocycles. The minimum Gasteiger partial charge on any atom is -0.744 e. The third-order valence-corrected chi connectivity index (χ3v) is 3.83. The standard InChI is InChI=1S/C9H11N2O2.C7H8O3S/c1-8(11(12)13)7-9-3-5-10(2)6-4-9;1-6-2-4-7(5-3-6)11(8,9)10/h3-7H,1-2H3;2-5H,1H3,(H,8,9,10)/q+1;/p-1/b8-7+;. The van der Waals surface area contributed by atoms with Crippen molar-refractivity contribution in [3.63, 3.8) is 0 Å². The number of rotatable bonds is 3. The molecule has 0 amide bonds. The van der Waals surface area contributed by atoms with Gasteiger partial charge >= 0.3 is 0 Å². The number of nitro groups is 1. The van der Waals surface area contributed by atoms with Crippen molar-refractivity contribution >= 4 is 16.2 Å². The lowest BCUT2D eigenvalue weighted by Gasteiger charge is -2.05. The molecule has 0 aliphatic rings. The van der Waals surface area contributed by atoms with Gasteiger partial charge in [-0.2, -0.15) is 0 Å². The molecule has 0 fully saturated rings. The molecular weight excluding hydrogens is 332 g/mol. The molecule has 0 radical (unpaired) electrons. The number of allylic oxidation sites excluding steroid dienone is 1. The van der Waals surface area contributed by atoms with Crippen molar-refractivity contribution in [2.45, 2.75) is 18.7 Å². The zero-order valence-electron chi connectivity index (χ0n) is 13.5. The summed E-state index contributed by atoms with van der Waals surface area (Å²) >= 11 is 0. The van der Waals surface area contributed by atoms with E-state index in [0.717, 1.165) is 11.1 Å². The predicted molar refractivity (Wildman–Crippen MR) is 87.4 cm³/mol. The highest BCUT2D eigenvalue weighted by atomic mass is 32.2. The smallest absolute Gasteiger partial charge is 0.243 e. The lowest BCUT2D eigenvalue weighted by Crippen LogP contribution is -2.25. The SMILES string of the molecule is C/C(=C\c1cc[n+](C)cc1)[N+](=O)[O-].Cc1ccc(S(=O)(=O)[O-])cc1. The van der Waals surface area contributed by atoms with Crippen LogP contribution in [-0.4, -0.2) is 17.9 Å². The normalized spacial score (nSPS) is 11.4. The van der Waals surface area contributed by atoms with E-state index in [-0.39, 0.29) is 10.6 Å². The fourth-order valence-electron chi connectivity index (χ4n) is 1.61. The van der Waals surface area contributed by atoms with Crippen LogP contribution in [0.25, 0.3) is 6.08 Å². The van der Waals surface area contributed by atoms with E-state index in [2.05, 4.69) is 0 Å². The molecule has 2 aromatic rings. The summed E-state index contributed by atoms with van der Waals surface area (Å²) in [5.74, 6) is 0. The highest BCUT2D eigenvalue weighted by molar-refractivity contribution is 7.85. The summed E-state index contributed by atoms with van der Waals surface area (Å²) in [6.07, 6.45) is 5.23. The van der Waals surface area contributed by atoms with Crippen molar-refractivity contribution in [1.29, 1.82) is 0 Å². The van der Waals surface area contributed by atoms with Gasteiger partial charge in [-0.25, -0.2) is 13.0 Å². The van der Waals surface area contributed by atoms with Crippen LogP contribution in [0.2, 0.25) is 0 Å². The Morgan fingerprint density at radius 3 is 2.04 bits per heavy atom. The molecule has 0 unspecified atom stereocenters. The lowest BCUT2D eigenvalue weighted by atomic mass is 10.2. The maximum Gasteiger partial charge on any atom is 0.243 e. The van der Waals surface area contributed by atoms with Gasteiger partial charge in [0.1, 0.15) is 17.2 Å². The molecule has 8 heteroatoms. The molecule has 7 nitrogen and oxygen atoms in total. The number of pyridine rings is 1. The minimum absolute atomic E-state index is 0.147. The number of nitrogens with zero attached hydrogens (tertiary/aromatic N) is 2. The topological polar surface area (TPSA) is 104 Å². The van der Waals surface area contributed by atoms with Crippen LogP contribution >= 0.6 is 0 Å². The number of aryl methyl sites for hydroxylation is 2. The molecule has 24 heavy (non-hydrogen) atoms. The highest BCUT2D eigenvalue weighted by Gasteiger charge is 2.02. The van der Waals surface area contributed by atoms with Crippen molar-refractivity contribution in [3.8, 4) is 0 Å². The molecule has 2 rings (SSSR count). The third kappa shape index (κ3) is 6.67. The van der Waals surface area contributed by atoms with Gasteiger partial charge in [0.2, 0.25) is 5.70 Å². The Hall–Kier alpha value is -2.58. The van der Waals surface area contributed by atoms with E-state index in [4.69, 9.17) is 0 Å². The van der Waals surface area contributed by atoms with Gasteiger partial charge in [-0.1, -0.05) is 17.7 Å². The molecular formula is C16H18N2O5S. The largest absolute Gasteiger partial charge is 0.744 e. The first kappa shape index (κ1) is 19.5. The monoisotopic (exact) mass is 350 g/mol. The van der Waals surface area contributed by atoms with Crippen LogP contribution in [-0.2, 0) is 17.2 Å². The van der Waals surface area contributed by atoms with E-state index in [9.17, 15) is 23.1 Å². The molecule has 128 valence electrons. The van der Waals surface area contributed by atoms with Gasteiger partial charge in [0.25, 0.3) is 0 Å². The average Bonchev–Trinajstić information content (AvgIpc) is 2.49. The predicted octanol–water partition coefficient (Wildman–Crippen LogP) is 2.05. The Bertz CT molecular complexity index is 826. The van der Waals surface area contributed by atoms with Gasteiger partial charge in [-0.15, -0.1) is 0 Å². The van der Waals surface area contributed by atoms with Gasteiger partial charge < -0.3 is 4.55 Å². The molecule has 1 aromatic heterocycles. The van der Waals surface area contributed by atoms with E-state index < -0.39 is 15.0 Å². The molecule has 0 atom stereocenters. The average molecular weight is 350 g/mol. The Morgan fingerprint density at radius 2 is 1.62 bits per heavy atom. The fraction of sp³-hybridized carbons (Fsp3) is 0.188. The molecule has 0 saturated carbocycles. The van der Waals surface area contributed by atoms with Gasteiger partial charge in [-0.05, 0) is 24.6 Å². The van der Waals surface area contributed by atoms with Gasteiger partial charge in [0.15, 0.2) is 12.4 Å². The number of hydrogen-bond acceptors (Lipinski definition) is 5. The number of aromatic nitrogens is 1. The molecule has 0 spiro atoms. The Labute approximate surface area is 140 Å².